The molecule has 1 saturated heterocycles. The maximum Gasteiger partial charge on any atom is 0.246 e. The van der Waals surface area contributed by atoms with Crippen LogP contribution >= 0.6 is 35.0 Å². The van der Waals surface area contributed by atoms with E-state index in [9.17, 15) is 13.2 Å². The number of thioether (sulfide) groups is 1. The van der Waals surface area contributed by atoms with Crippen LogP contribution in [0.15, 0.2) is 23.1 Å². The van der Waals surface area contributed by atoms with Crippen LogP contribution in [0.25, 0.3) is 0 Å². The molecule has 1 aliphatic heterocycles. The maximum atomic E-state index is 12.7. The first-order valence-corrected chi connectivity index (χ1v) is 10.7. The summed E-state index contributed by atoms with van der Waals surface area (Å²) < 4.78 is 26.8. The molecule has 0 saturated carbocycles. The van der Waals surface area contributed by atoms with Crippen LogP contribution in [0.4, 0.5) is 0 Å². The van der Waals surface area contributed by atoms with Crippen molar-refractivity contribution in [3.8, 4) is 0 Å². The number of benzene rings is 1. The van der Waals surface area contributed by atoms with Crippen molar-refractivity contribution in [2.45, 2.75) is 11.3 Å². The second-order valence-electron chi connectivity index (χ2n) is 5.08. The number of rotatable bonds is 5. The van der Waals surface area contributed by atoms with Gasteiger partial charge in [0.1, 0.15) is 4.90 Å². The van der Waals surface area contributed by atoms with Gasteiger partial charge in [-0.1, -0.05) is 29.3 Å². The molecule has 0 N–H and O–H groups in total. The minimum Gasteiger partial charge on any atom is -0.340 e. The van der Waals surface area contributed by atoms with Crippen molar-refractivity contribution in [2.24, 2.45) is 0 Å². The van der Waals surface area contributed by atoms with Gasteiger partial charge in [0, 0.05) is 38.4 Å². The first-order valence-electron chi connectivity index (χ1n) is 7.09. The number of sulfonamides is 1. The Balaban J connectivity index is 2.09. The summed E-state index contributed by atoms with van der Waals surface area (Å²) >= 11 is 13.6. The first-order chi connectivity index (χ1) is 10.9. The summed E-state index contributed by atoms with van der Waals surface area (Å²) in [5.74, 6) is 0.833. The van der Waals surface area contributed by atoms with Gasteiger partial charge in [-0.05, 0) is 18.4 Å². The van der Waals surface area contributed by atoms with Gasteiger partial charge >= 0.3 is 0 Å². The average Bonchev–Trinajstić information content (AvgIpc) is 2.52. The molecule has 0 unspecified atom stereocenters. The summed E-state index contributed by atoms with van der Waals surface area (Å²) in [6.07, 6.45) is 2.43. The Hall–Kier alpha value is -0.470. The predicted octanol–water partition coefficient (Wildman–Crippen LogP) is 2.58. The fraction of sp³-hybridized carbons (Fsp3) is 0.500. The number of halogens is 2. The molecule has 0 radical (unpaired) electrons. The number of nitrogens with zero attached hydrogens (tertiary/aromatic N) is 2. The highest BCUT2D eigenvalue weighted by atomic mass is 35.5. The molecule has 1 aliphatic rings. The highest BCUT2D eigenvalue weighted by Gasteiger charge is 2.32. The maximum absolute atomic E-state index is 12.7. The molecular weight excluding hydrogens is 379 g/mol. The molecule has 0 aromatic heterocycles. The molecule has 23 heavy (non-hydrogen) atoms. The lowest BCUT2D eigenvalue weighted by atomic mass is 10.3. The fourth-order valence-corrected chi connectivity index (χ4v) is 5.28. The van der Waals surface area contributed by atoms with Gasteiger partial charge in [0.05, 0.1) is 10.0 Å². The number of amides is 1. The molecule has 128 valence electrons. The fourth-order valence-electron chi connectivity index (χ4n) is 2.38. The zero-order valence-corrected chi connectivity index (χ0v) is 15.8. The molecule has 1 fully saturated rings. The van der Waals surface area contributed by atoms with E-state index in [4.69, 9.17) is 23.2 Å². The van der Waals surface area contributed by atoms with Crippen molar-refractivity contribution in [3.05, 3.63) is 28.2 Å². The monoisotopic (exact) mass is 396 g/mol. The molecule has 1 aromatic rings. The third-order valence-corrected chi connectivity index (χ3v) is 7.10. The summed E-state index contributed by atoms with van der Waals surface area (Å²) in [6.45, 7) is 1.26. The zero-order valence-electron chi connectivity index (χ0n) is 12.7. The highest BCUT2D eigenvalue weighted by Crippen LogP contribution is 2.31. The van der Waals surface area contributed by atoms with Crippen LogP contribution in [0, 0.1) is 0 Å². The van der Waals surface area contributed by atoms with Crippen molar-refractivity contribution in [3.63, 3.8) is 0 Å². The molecule has 0 aliphatic carbocycles. The van der Waals surface area contributed by atoms with E-state index in [0.717, 1.165) is 5.75 Å². The Morgan fingerprint density at radius 2 is 1.74 bits per heavy atom. The van der Waals surface area contributed by atoms with Gasteiger partial charge in [-0.15, -0.1) is 0 Å². The SMILES string of the molecule is CSCCC(=O)N1CCN(S(=O)(=O)c2c(Cl)cccc2Cl)CC1. The second kappa shape index (κ2) is 8.07. The highest BCUT2D eigenvalue weighted by molar-refractivity contribution is 7.98. The molecule has 0 spiro atoms. The second-order valence-corrected chi connectivity index (χ2v) is 8.75. The summed E-state index contributed by atoms with van der Waals surface area (Å²) in [5.41, 5.74) is 0. The van der Waals surface area contributed by atoms with Crippen LogP contribution in [0.1, 0.15) is 6.42 Å². The van der Waals surface area contributed by atoms with E-state index in [-0.39, 0.29) is 33.9 Å². The van der Waals surface area contributed by atoms with Crippen molar-refractivity contribution in [1.82, 2.24) is 9.21 Å². The summed E-state index contributed by atoms with van der Waals surface area (Å²) in [5, 5.41) is 0.215. The lowest BCUT2D eigenvalue weighted by Gasteiger charge is -2.34. The van der Waals surface area contributed by atoms with Gasteiger partial charge in [0.15, 0.2) is 0 Å². The number of hydrogen-bond donors (Lipinski definition) is 0. The van der Waals surface area contributed by atoms with Gasteiger partial charge in [0.2, 0.25) is 15.9 Å². The Kier molecular flexibility index (Phi) is 6.62. The van der Waals surface area contributed by atoms with Gasteiger partial charge < -0.3 is 4.90 Å². The molecule has 1 aromatic carbocycles. The first kappa shape index (κ1) is 18.9. The molecule has 5 nitrogen and oxygen atoms in total. The average molecular weight is 397 g/mol. The molecule has 9 heteroatoms. The van der Waals surface area contributed by atoms with E-state index in [1.54, 1.807) is 22.7 Å². The van der Waals surface area contributed by atoms with E-state index in [1.807, 2.05) is 6.26 Å². The van der Waals surface area contributed by atoms with Crippen LogP contribution in [-0.4, -0.2) is 61.7 Å². The minimum absolute atomic E-state index is 0.0622. The molecule has 0 bridgehead atoms. The normalized spacial score (nSPS) is 16.6. The van der Waals surface area contributed by atoms with E-state index in [1.165, 1.54) is 16.4 Å². The molecular formula is C14H18Cl2N2O3S2. The lowest BCUT2D eigenvalue weighted by Crippen LogP contribution is -2.50. The number of carbonyl (C=O) groups excluding carboxylic acids is 1. The van der Waals surface area contributed by atoms with Crippen LogP contribution in [0.5, 0.6) is 0 Å². The van der Waals surface area contributed by atoms with E-state index < -0.39 is 10.0 Å². The minimum atomic E-state index is -3.76. The van der Waals surface area contributed by atoms with Crippen molar-refractivity contribution in [2.75, 3.05) is 38.2 Å². The van der Waals surface area contributed by atoms with E-state index in [0.29, 0.717) is 19.5 Å². The summed E-state index contributed by atoms with van der Waals surface area (Å²) in [4.78, 5) is 13.6. The quantitative estimate of drug-likeness (QED) is 0.767. The van der Waals surface area contributed by atoms with Gasteiger partial charge in [-0.25, -0.2) is 8.42 Å². The van der Waals surface area contributed by atoms with Crippen molar-refractivity contribution >= 4 is 50.9 Å². The number of carbonyl (C=O) groups is 1. The standard InChI is InChI=1S/C14H18Cl2N2O3S2/c1-22-10-5-13(19)17-6-8-18(9-7-17)23(20,21)14-11(15)3-2-4-12(14)16/h2-4H,5-10H2,1H3. The van der Waals surface area contributed by atoms with E-state index >= 15 is 0 Å². The third-order valence-electron chi connectivity index (χ3n) is 3.63. The van der Waals surface area contributed by atoms with Crippen LogP contribution in [0.2, 0.25) is 10.0 Å². The van der Waals surface area contributed by atoms with E-state index in [2.05, 4.69) is 0 Å². The van der Waals surface area contributed by atoms with Gasteiger partial charge in [0.25, 0.3) is 0 Å². The number of hydrogen-bond acceptors (Lipinski definition) is 4. The molecule has 1 amide bonds. The largest absolute Gasteiger partial charge is 0.340 e. The third kappa shape index (κ3) is 4.33. The van der Waals surface area contributed by atoms with Crippen LogP contribution < -0.4 is 0 Å². The molecule has 2 rings (SSSR count). The number of piperazine rings is 1. The lowest BCUT2D eigenvalue weighted by molar-refractivity contribution is -0.131. The van der Waals surface area contributed by atoms with Crippen LogP contribution in [-0.2, 0) is 14.8 Å². The smallest absolute Gasteiger partial charge is 0.246 e. The Morgan fingerprint density at radius 3 is 2.26 bits per heavy atom. The topological polar surface area (TPSA) is 57.7 Å². The Morgan fingerprint density at radius 1 is 1.17 bits per heavy atom. The predicted molar refractivity (Wildman–Crippen MR) is 94.8 cm³/mol. The zero-order chi connectivity index (χ0) is 17.0. The Bertz CT molecular complexity index is 654. The van der Waals surface area contributed by atoms with Gasteiger partial charge in [-0.2, -0.15) is 16.1 Å². The summed E-state index contributed by atoms with van der Waals surface area (Å²) in [6, 6.07) is 4.61. The molecule has 1 heterocycles. The van der Waals surface area contributed by atoms with Crippen molar-refractivity contribution in [1.29, 1.82) is 0 Å². The van der Waals surface area contributed by atoms with Crippen molar-refractivity contribution < 1.29 is 13.2 Å². The Labute approximate surface area is 151 Å². The van der Waals surface area contributed by atoms with Crippen LogP contribution in [0.3, 0.4) is 0 Å². The molecule has 0 atom stereocenters. The van der Waals surface area contributed by atoms with Gasteiger partial charge in [-0.3, -0.25) is 4.79 Å². The summed E-state index contributed by atoms with van der Waals surface area (Å²) in [7, 11) is -3.76.